The first-order valence-electron chi connectivity index (χ1n) is 10.4. The number of carbonyl (C=O) groups excluding carboxylic acids is 1. The van der Waals surface area contributed by atoms with Crippen LogP contribution in [0, 0.1) is 5.41 Å². The largest absolute Gasteiger partial charge is 0.481 e. The van der Waals surface area contributed by atoms with Gasteiger partial charge in [0.25, 0.3) is 0 Å². The fraction of sp³-hybridized carbons (Fsp3) is 0.240. The molecule has 0 aliphatic heterocycles. The summed E-state index contributed by atoms with van der Waals surface area (Å²) in [5.74, 6) is -0.138. The fourth-order valence-corrected chi connectivity index (χ4v) is 4.05. The topological polar surface area (TPSA) is 93.8 Å². The number of hydrogen-bond acceptors (Lipinski definition) is 6. The molecule has 7 heteroatoms. The molecule has 0 saturated heterocycles. The van der Waals surface area contributed by atoms with E-state index in [2.05, 4.69) is 21.5 Å². The number of fused-ring (bicyclic) bond motifs is 1. The highest BCUT2D eigenvalue weighted by Gasteiger charge is 2.23. The number of aromatic nitrogens is 4. The molecule has 0 aliphatic rings. The summed E-state index contributed by atoms with van der Waals surface area (Å²) >= 11 is 0. The van der Waals surface area contributed by atoms with Crippen molar-refractivity contribution in [3.8, 4) is 17.0 Å². The Bertz CT molecular complexity index is 1270. The molecule has 32 heavy (non-hydrogen) atoms. The molecule has 0 spiro atoms. The summed E-state index contributed by atoms with van der Waals surface area (Å²) in [6, 6.07) is 11.5. The lowest BCUT2D eigenvalue weighted by atomic mass is 9.92. The molecule has 0 aromatic carbocycles. The van der Waals surface area contributed by atoms with Crippen molar-refractivity contribution in [1.82, 2.24) is 19.5 Å². The number of methoxy groups -OCH3 is 1. The van der Waals surface area contributed by atoms with Crippen LogP contribution in [-0.2, 0) is 4.79 Å². The van der Waals surface area contributed by atoms with Gasteiger partial charge in [-0.15, -0.1) is 0 Å². The summed E-state index contributed by atoms with van der Waals surface area (Å²) < 4.78 is 7.30. The van der Waals surface area contributed by atoms with E-state index in [1.807, 2.05) is 42.6 Å². The molecule has 4 rings (SSSR count). The minimum atomic E-state index is -0.605. The van der Waals surface area contributed by atoms with E-state index >= 15 is 0 Å². The van der Waals surface area contributed by atoms with Gasteiger partial charge in [-0.3, -0.25) is 14.8 Å². The predicted molar refractivity (Wildman–Crippen MR) is 124 cm³/mol. The molecule has 0 radical (unpaired) electrons. The van der Waals surface area contributed by atoms with Crippen LogP contribution in [0.1, 0.15) is 44.0 Å². The maximum Gasteiger partial charge on any atom is 0.212 e. The fourth-order valence-electron chi connectivity index (χ4n) is 4.05. The molecule has 1 N–H and O–H groups in total. The van der Waals surface area contributed by atoms with E-state index in [1.54, 1.807) is 32.6 Å². The zero-order valence-electron chi connectivity index (χ0n) is 18.5. The Hall–Kier alpha value is -3.87. The molecule has 0 amide bonds. The smallest absolute Gasteiger partial charge is 0.212 e. The van der Waals surface area contributed by atoms with E-state index in [9.17, 15) is 4.79 Å². The lowest BCUT2D eigenvalue weighted by molar-refractivity contribution is -0.117. The summed E-state index contributed by atoms with van der Waals surface area (Å²) in [5, 5.41) is 8.09. The summed E-state index contributed by atoms with van der Waals surface area (Å²) in [7, 11) is 1.59. The van der Waals surface area contributed by atoms with E-state index in [0.29, 0.717) is 17.2 Å². The van der Waals surface area contributed by atoms with Crippen molar-refractivity contribution in [2.45, 2.75) is 32.7 Å². The van der Waals surface area contributed by atoms with E-state index < -0.39 is 5.92 Å². The molecule has 4 heterocycles. The number of hydrogen-bond donors (Lipinski definition) is 1. The van der Waals surface area contributed by atoms with Gasteiger partial charge in [0.2, 0.25) is 5.88 Å². The van der Waals surface area contributed by atoms with Crippen molar-refractivity contribution in [3.05, 3.63) is 72.4 Å². The first-order valence-corrected chi connectivity index (χ1v) is 10.4. The Morgan fingerprint density at radius 3 is 2.50 bits per heavy atom. The Morgan fingerprint density at radius 2 is 1.91 bits per heavy atom. The molecule has 0 fully saturated rings. The van der Waals surface area contributed by atoms with Crippen molar-refractivity contribution < 1.29 is 9.53 Å². The molecule has 4 aromatic rings. The van der Waals surface area contributed by atoms with Gasteiger partial charge in [0, 0.05) is 47.7 Å². The van der Waals surface area contributed by atoms with Gasteiger partial charge >= 0.3 is 0 Å². The number of ketones is 1. The van der Waals surface area contributed by atoms with Gasteiger partial charge in [-0.05, 0) is 50.6 Å². The first-order chi connectivity index (χ1) is 15.4. The lowest BCUT2D eigenvalue weighted by Crippen LogP contribution is -2.17. The maximum absolute atomic E-state index is 12.2. The minimum Gasteiger partial charge on any atom is -0.481 e. The molecular weight excluding hydrogens is 402 g/mol. The standard InChI is InChI=1S/C25H25N5O2/c1-15(26)24(17(3)31)19-11-22-25(29-13-19)20(18-8-9-23(32-4)28-12-18)14-30(22)16(2)21-7-5-6-10-27-21/h5-14,16,24,26H,1-4H3/t16-,24?/m0/s1. The highest BCUT2D eigenvalue weighted by molar-refractivity contribution is 6.07. The lowest BCUT2D eigenvalue weighted by Gasteiger charge is -2.16. The Balaban J connectivity index is 1.93. The van der Waals surface area contributed by atoms with Crippen LogP contribution in [0.5, 0.6) is 5.88 Å². The molecule has 7 nitrogen and oxygen atoms in total. The molecule has 1 unspecified atom stereocenters. The third-order valence-corrected chi connectivity index (χ3v) is 5.65. The van der Waals surface area contributed by atoms with Gasteiger partial charge in [-0.2, -0.15) is 0 Å². The van der Waals surface area contributed by atoms with Crippen LogP contribution in [0.4, 0.5) is 0 Å². The van der Waals surface area contributed by atoms with E-state index in [1.165, 1.54) is 6.92 Å². The summed E-state index contributed by atoms with van der Waals surface area (Å²) in [5.41, 5.74) is 5.44. The number of rotatable bonds is 7. The Labute approximate surface area is 186 Å². The van der Waals surface area contributed by atoms with Gasteiger partial charge in [0.1, 0.15) is 5.78 Å². The second-order valence-electron chi connectivity index (χ2n) is 7.83. The van der Waals surface area contributed by atoms with Crippen molar-refractivity contribution in [3.63, 3.8) is 0 Å². The predicted octanol–water partition coefficient (Wildman–Crippen LogP) is 4.82. The van der Waals surface area contributed by atoms with Gasteiger partial charge in [0.15, 0.2) is 0 Å². The summed E-state index contributed by atoms with van der Waals surface area (Å²) in [6.07, 6.45) is 7.28. The second-order valence-corrected chi connectivity index (χ2v) is 7.83. The quantitative estimate of drug-likeness (QED) is 0.427. The van der Waals surface area contributed by atoms with E-state index in [-0.39, 0.29) is 11.8 Å². The van der Waals surface area contributed by atoms with Crippen LogP contribution in [0.25, 0.3) is 22.2 Å². The summed E-state index contributed by atoms with van der Waals surface area (Å²) in [4.78, 5) is 25.8. The monoisotopic (exact) mass is 427 g/mol. The highest BCUT2D eigenvalue weighted by atomic mass is 16.5. The van der Waals surface area contributed by atoms with Crippen LogP contribution in [0.15, 0.2) is 61.2 Å². The van der Waals surface area contributed by atoms with Crippen LogP contribution >= 0.6 is 0 Å². The number of carbonyl (C=O) groups is 1. The molecule has 0 bridgehead atoms. The third-order valence-electron chi connectivity index (χ3n) is 5.65. The van der Waals surface area contributed by atoms with Gasteiger partial charge in [0.05, 0.1) is 35.8 Å². The van der Waals surface area contributed by atoms with Gasteiger partial charge < -0.3 is 14.7 Å². The highest BCUT2D eigenvalue weighted by Crippen LogP contribution is 2.34. The Kier molecular flexibility index (Phi) is 5.81. The molecular formula is C25H25N5O2. The van der Waals surface area contributed by atoms with Crippen LogP contribution in [0.3, 0.4) is 0 Å². The third kappa shape index (κ3) is 3.89. The van der Waals surface area contributed by atoms with E-state index in [0.717, 1.165) is 27.9 Å². The molecule has 162 valence electrons. The second kappa shape index (κ2) is 8.70. The normalized spacial score (nSPS) is 13.0. The number of pyridine rings is 3. The zero-order valence-corrected chi connectivity index (χ0v) is 18.5. The molecule has 0 aliphatic carbocycles. The van der Waals surface area contributed by atoms with Crippen molar-refractivity contribution in [2.24, 2.45) is 0 Å². The number of nitrogens with zero attached hydrogens (tertiary/aromatic N) is 4. The maximum atomic E-state index is 12.2. The van der Waals surface area contributed by atoms with Crippen molar-refractivity contribution >= 4 is 22.5 Å². The van der Waals surface area contributed by atoms with Crippen LogP contribution < -0.4 is 4.74 Å². The zero-order chi connectivity index (χ0) is 22.8. The average molecular weight is 428 g/mol. The minimum absolute atomic E-state index is 0.0624. The first kappa shape index (κ1) is 21.4. The van der Waals surface area contributed by atoms with Crippen LogP contribution in [0.2, 0.25) is 0 Å². The Morgan fingerprint density at radius 1 is 1.09 bits per heavy atom. The van der Waals surface area contributed by atoms with Crippen molar-refractivity contribution in [2.75, 3.05) is 7.11 Å². The van der Waals surface area contributed by atoms with Crippen molar-refractivity contribution in [1.29, 1.82) is 5.41 Å². The average Bonchev–Trinajstić information content (AvgIpc) is 3.17. The van der Waals surface area contributed by atoms with Gasteiger partial charge in [-0.1, -0.05) is 6.07 Å². The number of nitrogens with one attached hydrogen (secondary N) is 1. The molecule has 0 saturated carbocycles. The molecule has 2 atom stereocenters. The summed E-state index contributed by atoms with van der Waals surface area (Å²) in [6.45, 7) is 5.24. The SMILES string of the molecule is COc1ccc(-c2cn([C@@H](C)c3ccccn3)c3cc(C(C(C)=N)C(C)=O)cnc23)cn1. The molecule has 4 aromatic heterocycles. The number of ether oxygens (including phenoxy) is 1. The van der Waals surface area contributed by atoms with Crippen LogP contribution in [-0.4, -0.2) is 38.1 Å². The van der Waals surface area contributed by atoms with Gasteiger partial charge in [-0.25, -0.2) is 4.98 Å². The number of Topliss-reactive ketones (excluding diaryl/α,β-unsaturated/α-hetero) is 1. The van der Waals surface area contributed by atoms with E-state index in [4.69, 9.17) is 15.1 Å².